The van der Waals surface area contributed by atoms with Crippen LogP contribution in [0.1, 0.15) is 0 Å². The van der Waals surface area contributed by atoms with E-state index in [1.165, 1.54) is 0 Å². The minimum atomic E-state index is -0.387. The Morgan fingerprint density at radius 2 is 2.58 bits per heavy atom. The zero-order chi connectivity index (χ0) is 8.81. The average molecular weight is 163 g/mol. The predicted octanol–water partition coefficient (Wildman–Crippen LogP) is -0.368. The van der Waals surface area contributed by atoms with Gasteiger partial charge in [0.25, 0.3) is 5.91 Å². The van der Waals surface area contributed by atoms with E-state index in [1.54, 1.807) is 10.9 Å². The highest BCUT2D eigenvalue weighted by atomic mass is 16.1. The molecular formula is C8H9N3O. The Labute approximate surface area is 70.6 Å². The summed E-state index contributed by atoms with van der Waals surface area (Å²) in [6, 6.07) is 1.82. The van der Waals surface area contributed by atoms with Gasteiger partial charge in [-0.05, 0) is 12.0 Å². The molecule has 4 nitrogen and oxygen atoms in total. The summed E-state index contributed by atoms with van der Waals surface area (Å²) in [4.78, 5) is 10.6. The van der Waals surface area contributed by atoms with Gasteiger partial charge in [-0.15, -0.1) is 6.42 Å². The van der Waals surface area contributed by atoms with Crippen molar-refractivity contribution in [3.05, 3.63) is 18.5 Å². The minimum Gasteiger partial charge on any atom is -0.343 e. The number of rotatable bonds is 3. The van der Waals surface area contributed by atoms with Crippen molar-refractivity contribution in [2.24, 2.45) is 0 Å². The second-order valence-corrected chi connectivity index (χ2v) is 2.17. The van der Waals surface area contributed by atoms with Crippen LogP contribution in [0.2, 0.25) is 0 Å². The Morgan fingerprint density at radius 3 is 3.17 bits per heavy atom. The van der Waals surface area contributed by atoms with E-state index < -0.39 is 0 Å². The number of aromatic nitrogens is 2. The van der Waals surface area contributed by atoms with E-state index in [4.69, 9.17) is 6.42 Å². The van der Waals surface area contributed by atoms with Gasteiger partial charge in [0.2, 0.25) is 0 Å². The van der Waals surface area contributed by atoms with E-state index >= 15 is 0 Å². The fourth-order valence-electron chi connectivity index (χ4n) is 0.768. The number of terminal acetylenes is 1. The van der Waals surface area contributed by atoms with E-state index in [9.17, 15) is 4.79 Å². The van der Waals surface area contributed by atoms with Crippen molar-refractivity contribution in [1.82, 2.24) is 15.1 Å². The van der Waals surface area contributed by atoms with Crippen LogP contribution in [0.25, 0.3) is 0 Å². The van der Waals surface area contributed by atoms with E-state index in [2.05, 4.69) is 10.4 Å². The summed E-state index contributed by atoms with van der Waals surface area (Å²) in [6.45, 7) is 1.14. The van der Waals surface area contributed by atoms with Crippen LogP contribution in [0.5, 0.6) is 0 Å². The smallest absolute Gasteiger partial charge is 0.295 e. The Hall–Kier alpha value is -1.76. The van der Waals surface area contributed by atoms with E-state index in [1.807, 2.05) is 18.2 Å². The van der Waals surface area contributed by atoms with Gasteiger partial charge in [-0.25, -0.2) is 0 Å². The molecule has 0 bridgehead atoms. The fourth-order valence-corrected chi connectivity index (χ4v) is 0.768. The number of amides is 1. The molecule has 0 fully saturated rings. The van der Waals surface area contributed by atoms with Crippen LogP contribution in [0.15, 0.2) is 18.5 Å². The Bertz CT molecular complexity index is 284. The van der Waals surface area contributed by atoms with E-state index in [-0.39, 0.29) is 5.91 Å². The van der Waals surface area contributed by atoms with E-state index in [0.29, 0.717) is 13.1 Å². The molecule has 0 saturated carbocycles. The molecule has 62 valence electrons. The molecule has 0 unspecified atom stereocenters. The third-order valence-electron chi connectivity index (χ3n) is 1.32. The van der Waals surface area contributed by atoms with Gasteiger partial charge in [-0.3, -0.25) is 9.48 Å². The zero-order valence-electron chi connectivity index (χ0n) is 6.53. The van der Waals surface area contributed by atoms with Gasteiger partial charge < -0.3 is 5.32 Å². The summed E-state index contributed by atoms with van der Waals surface area (Å²) in [6.07, 6.45) is 8.35. The third kappa shape index (κ3) is 2.46. The molecule has 0 aliphatic rings. The largest absolute Gasteiger partial charge is 0.343 e. The number of nitrogens with zero attached hydrogens (tertiary/aromatic N) is 2. The summed E-state index contributed by atoms with van der Waals surface area (Å²) < 4.78 is 1.72. The Kier molecular flexibility index (Phi) is 2.91. The molecule has 0 radical (unpaired) electrons. The van der Waals surface area contributed by atoms with Crippen LogP contribution in [0.3, 0.4) is 0 Å². The zero-order valence-corrected chi connectivity index (χ0v) is 6.53. The maximum absolute atomic E-state index is 10.6. The van der Waals surface area contributed by atoms with Gasteiger partial charge in [-0.2, -0.15) is 5.10 Å². The lowest BCUT2D eigenvalue weighted by molar-refractivity contribution is -0.115. The molecule has 0 atom stereocenters. The second kappa shape index (κ2) is 4.19. The summed E-state index contributed by atoms with van der Waals surface area (Å²) in [5, 5.41) is 6.49. The van der Waals surface area contributed by atoms with Gasteiger partial charge in [0, 0.05) is 18.9 Å². The highest BCUT2D eigenvalue weighted by Gasteiger charge is 1.93. The Balaban J connectivity index is 2.20. The SMILES string of the molecule is C#CC(=O)NCCn1cccn1. The highest BCUT2D eigenvalue weighted by Crippen LogP contribution is 1.81. The Morgan fingerprint density at radius 1 is 1.75 bits per heavy atom. The van der Waals surface area contributed by atoms with Crippen molar-refractivity contribution in [3.8, 4) is 12.3 Å². The maximum Gasteiger partial charge on any atom is 0.295 e. The van der Waals surface area contributed by atoms with Crippen LogP contribution < -0.4 is 5.32 Å². The monoisotopic (exact) mass is 163 g/mol. The lowest BCUT2D eigenvalue weighted by atomic mass is 10.5. The molecule has 0 saturated heterocycles. The van der Waals surface area contributed by atoms with Gasteiger partial charge in [0.15, 0.2) is 0 Å². The van der Waals surface area contributed by atoms with Crippen molar-refractivity contribution >= 4 is 5.91 Å². The van der Waals surface area contributed by atoms with Gasteiger partial charge >= 0.3 is 0 Å². The number of hydrogen-bond acceptors (Lipinski definition) is 2. The van der Waals surface area contributed by atoms with Crippen molar-refractivity contribution in [2.45, 2.75) is 6.54 Å². The van der Waals surface area contributed by atoms with Crippen molar-refractivity contribution < 1.29 is 4.79 Å². The molecule has 1 heterocycles. The quantitative estimate of drug-likeness (QED) is 0.618. The molecule has 0 aliphatic carbocycles. The molecule has 0 spiro atoms. The lowest BCUT2D eigenvalue weighted by Gasteiger charge is -2.00. The molecule has 1 rings (SSSR count). The van der Waals surface area contributed by atoms with Gasteiger partial charge in [0.1, 0.15) is 0 Å². The first-order valence-corrected chi connectivity index (χ1v) is 3.55. The highest BCUT2D eigenvalue weighted by molar-refractivity contribution is 5.92. The minimum absolute atomic E-state index is 0.387. The van der Waals surface area contributed by atoms with E-state index in [0.717, 1.165) is 0 Å². The fraction of sp³-hybridized carbons (Fsp3) is 0.250. The third-order valence-corrected chi connectivity index (χ3v) is 1.32. The molecule has 12 heavy (non-hydrogen) atoms. The number of carbonyl (C=O) groups is 1. The molecule has 1 aromatic heterocycles. The van der Waals surface area contributed by atoms with Crippen molar-refractivity contribution in [1.29, 1.82) is 0 Å². The van der Waals surface area contributed by atoms with Crippen molar-refractivity contribution in [3.63, 3.8) is 0 Å². The summed E-state index contributed by atoms with van der Waals surface area (Å²) in [7, 11) is 0. The predicted molar refractivity (Wildman–Crippen MR) is 44.1 cm³/mol. The lowest BCUT2D eigenvalue weighted by Crippen LogP contribution is -2.25. The molecule has 1 amide bonds. The topological polar surface area (TPSA) is 46.9 Å². The van der Waals surface area contributed by atoms with Crippen LogP contribution >= 0.6 is 0 Å². The molecule has 1 N–H and O–H groups in total. The summed E-state index contributed by atoms with van der Waals surface area (Å²) in [5.41, 5.74) is 0. The second-order valence-electron chi connectivity index (χ2n) is 2.17. The molecule has 0 aromatic carbocycles. The number of carbonyl (C=O) groups excluding carboxylic acids is 1. The maximum atomic E-state index is 10.6. The normalized spacial score (nSPS) is 8.92. The van der Waals surface area contributed by atoms with Gasteiger partial charge in [0.05, 0.1) is 6.54 Å². The first kappa shape index (κ1) is 8.34. The summed E-state index contributed by atoms with van der Waals surface area (Å²) in [5.74, 6) is 1.58. The summed E-state index contributed by atoms with van der Waals surface area (Å²) >= 11 is 0. The molecular weight excluding hydrogens is 154 g/mol. The number of hydrogen-bond donors (Lipinski definition) is 1. The average Bonchev–Trinajstić information content (AvgIpc) is 2.57. The number of nitrogens with one attached hydrogen (secondary N) is 1. The first-order chi connectivity index (χ1) is 5.83. The molecule has 0 aliphatic heterocycles. The van der Waals surface area contributed by atoms with Crippen LogP contribution in [-0.2, 0) is 11.3 Å². The molecule has 4 heteroatoms. The molecule has 1 aromatic rings. The standard InChI is InChI=1S/C8H9N3O/c1-2-8(12)9-5-7-11-6-3-4-10-11/h1,3-4,6H,5,7H2,(H,9,12). The van der Waals surface area contributed by atoms with Gasteiger partial charge in [-0.1, -0.05) is 0 Å². The van der Waals surface area contributed by atoms with Crippen LogP contribution in [-0.4, -0.2) is 22.2 Å². The van der Waals surface area contributed by atoms with Crippen molar-refractivity contribution in [2.75, 3.05) is 6.54 Å². The van der Waals surface area contributed by atoms with Crippen LogP contribution in [0.4, 0.5) is 0 Å². The van der Waals surface area contributed by atoms with Crippen LogP contribution in [0, 0.1) is 12.3 Å². The first-order valence-electron chi connectivity index (χ1n) is 3.55.